The molecule has 5 heteroatoms. The van der Waals surface area contributed by atoms with Crippen molar-refractivity contribution in [2.24, 2.45) is 0 Å². The van der Waals surface area contributed by atoms with Gasteiger partial charge in [-0.05, 0) is 44.8 Å². The molecule has 3 rings (SSSR count). The standard InChI is InChI=1S/C23H38N2O3/c1-27-22-11-5-4-10-20(22)17-28-18-21(26)16-24-19-23(12-6-2-7-13-23)25-14-8-3-9-15-25/h4-5,10-11,21,24,26H,2-3,6-9,12-19H2,1H3/t21-/m1/s1. The van der Waals surface area contributed by atoms with Crippen LogP contribution in [0, 0.1) is 0 Å². The predicted octanol–water partition coefficient (Wildman–Crippen LogP) is 3.35. The summed E-state index contributed by atoms with van der Waals surface area (Å²) >= 11 is 0. The molecule has 0 aromatic heterocycles. The molecule has 0 bridgehead atoms. The average molecular weight is 391 g/mol. The third kappa shape index (κ3) is 5.93. The van der Waals surface area contributed by atoms with Crippen molar-refractivity contribution in [3.63, 3.8) is 0 Å². The molecule has 1 aliphatic heterocycles. The fourth-order valence-electron chi connectivity index (χ4n) is 4.84. The molecule has 28 heavy (non-hydrogen) atoms. The van der Waals surface area contributed by atoms with Gasteiger partial charge in [0.05, 0.1) is 26.4 Å². The lowest BCUT2D eigenvalue weighted by Crippen LogP contribution is -2.58. The zero-order valence-corrected chi connectivity index (χ0v) is 17.5. The van der Waals surface area contributed by atoms with Crippen LogP contribution >= 0.6 is 0 Å². The molecule has 1 heterocycles. The summed E-state index contributed by atoms with van der Waals surface area (Å²) in [7, 11) is 1.67. The molecule has 5 nitrogen and oxygen atoms in total. The fraction of sp³-hybridized carbons (Fsp3) is 0.739. The van der Waals surface area contributed by atoms with Gasteiger partial charge in [0.15, 0.2) is 0 Å². The van der Waals surface area contributed by atoms with Crippen molar-refractivity contribution in [3.05, 3.63) is 29.8 Å². The maximum Gasteiger partial charge on any atom is 0.124 e. The first kappa shape index (κ1) is 21.6. The SMILES string of the molecule is COc1ccccc1COC[C@H](O)CNCC1(N2CCCCC2)CCCCC1. The normalized spacial score (nSPS) is 21.4. The van der Waals surface area contributed by atoms with Gasteiger partial charge in [-0.15, -0.1) is 0 Å². The van der Waals surface area contributed by atoms with E-state index in [2.05, 4.69) is 10.2 Å². The van der Waals surface area contributed by atoms with E-state index in [0.717, 1.165) is 17.9 Å². The number of nitrogens with one attached hydrogen (secondary N) is 1. The third-order valence-corrected chi connectivity index (χ3v) is 6.41. The fourth-order valence-corrected chi connectivity index (χ4v) is 4.84. The quantitative estimate of drug-likeness (QED) is 0.642. The van der Waals surface area contributed by atoms with Crippen molar-refractivity contribution in [2.75, 3.05) is 39.9 Å². The van der Waals surface area contributed by atoms with E-state index in [4.69, 9.17) is 9.47 Å². The Kier molecular flexibility index (Phi) is 8.59. The van der Waals surface area contributed by atoms with Gasteiger partial charge in [0.25, 0.3) is 0 Å². The highest BCUT2D eigenvalue weighted by atomic mass is 16.5. The Morgan fingerprint density at radius 2 is 1.79 bits per heavy atom. The van der Waals surface area contributed by atoms with Crippen molar-refractivity contribution < 1.29 is 14.6 Å². The number of aliphatic hydroxyl groups excluding tert-OH is 1. The Morgan fingerprint density at radius 3 is 2.54 bits per heavy atom. The minimum atomic E-state index is -0.489. The largest absolute Gasteiger partial charge is 0.496 e. The molecule has 0 unspecified atom stereocenters. The monoisotopic (exact) mass is 390 g/mol. The zero-order valence-electron chi connectivity index (χ0n) is 17.5. The molecule has 0 radical (unpaired) electrons. The molecule has 1 aliphatic carbocycles. The van der Waals surface area contributed by atoms with Crippen molar-refractivity contribution in [1.29, 1.82) is 0 Å². The minimum Gasteiger partial charge on any atom is -0.496 e. The number of aliphatic hydroxyl groups is 1. The van der Waals surface area contributed by atoms with Gasteiger partial charge < -0.3 is 19.9 Å². The van der Waals surface area contributed by atoms with Gasteiger partial charge in [-0.25, -0.2) is 0 Å². The molecule has 0 amide bonds. The topological polar surface area (TPSA) is 54.0 Å². The highest BCUT2D eigenvalue weighted by molar-refractivity contribution is 5.32. The lowest BCUT2D eigenvalue weighted by atomic mass is 9.79. The lowest BCUT2D eigenvalue weighted by molar-refractivity contribution is 0.0148. The van der Waals surface area contributed by atoms with E-state index >= 15 is 0 Å². The minimum absolute atomic E-state index is 0.302. The maximum atomic E-state index is 10.3. The van der Waals surface area contributed by atoms with Gasteiger partial charge in [-0.1, -0.05) is 43.9 Å². The number of para-hydroxylation sites is 1. The third-order valence-electron chi connectivity index (χ3n) is 6.41. The first-order valence-corrected chi connectivity index (χ1v) is 11.1. The van der Waals surface area contributed by atoms with E-state index < -0.39 is 6.10 Å². The van der Waals surface area contributed by atoms with Crippen LogP contribution < -0.4 is 10.1 Å². The highest BCUT2D eigenvalue weighted by Gasteiger charge is 2.37. The van der Waals surface area contributed by atoms with E-state index in [1.54, 1.807) is 7.11 Å². The summed E-state index contributed by atoms with van der Waals surface area (Å²) in [6.45, 7) is 4.84. The summed E-state index contributed by atoms with van der Waals surface area (Å²) in [6.07, 6.45) is 10.2. The molecule has 2 fully saturated rings. The molecule has 0 spiro atoms. The number of methoxy groups -OCH3 is 1. The Hall–Kier alpha value is -1.14. The second-order valence-electron chi connectivity index (χ2n) is 8.44. The van der Waals surface area contributed by atoms with Crippen LogP contribution in [0.5, 0.6) is 5.75 Å². The number of piperidine rings is 1. The van der Waals surface area contributed by atoms with Crippen LogP contribution in [0.15, 0.2) is 24.3 Å². The Balaban J connectivity index is 1.41. The number of hydrogen-bond acceptors (Lipinski definition) is 5. The summed E-state index contributed by atoms with van der Waals surface area (Å²) in [5.74, 6) is 0.830. The van der Waals surface area contributed by atoms with Crippen LogP contribution in [0.25, 0.3) is 0 Å². The van der Waals surface area contributed by atoms with Gasteiger partial charge in [0, 0.05) is 24.2 Å². The van der Waals surface area contributed by atoms with Gasteiger partial charge in [0.1, 0.15) is 5.75 Å². The molecular formula is C23H38N2O3. The van der Waals surface area contributed by atoms with Crippen LogP contribution in [-0.4, -0.2) is 61.5 Å². The van der Waals surface area contributed by atoms with E-state index in [0.29, 0.717) is 25.3 Å². The summed E-state index contributed by atoms with van der Waals surface area (Å²) < 4.78 is 11.1. The van der Waals surface area contributed by atoms with Gasteiger partial charge in [-0.3, -0.25) is 4.90 Å². The maximum absolute atomic E-state index is 10.3. The van der Waals surface area contributed by atoms with Crippen LogP contribution in [0.1, 0.15) is 56.9 Å². The number of benzene rings is 1. The first-order chi connectivity index (χ1) is 13.7. The number of likely N-dealkylation sites (tertiary alicyclic amines) is 1. The highest BCUT2D eigenvalue weighted by Crippen LogP contribution is 2.35. The Labute approximate surface area is 170 Å². The van der Waals surface area contributed by atoms with Crippen LogP contribution in [0.2, 0.25) is 0 Å². The molecule has 1 saturated carbocycles. The van der Waals surface area contributed by atoms with E-state index in [1.807, 2.05) is 24.3 Å². The van der Waals surface area contributed by atoms with Crippen molar-refractivity contribution in [3.8, 4) is 5.75 Å². The Morgan fingerprint density at radius 1 is 1.07 bits per heavy atom. The molecular weight excluding hydrogens is 352 g/mol. The molecule has 2 aliphatic rings. The van der Waals surface area contributed by atoms with E-state index in [9.17, 15) is 5.11 Å². The molecule has 158 valence electrons. The number of hydrogen-bond donors (Lipinski definition) is 2. The molecule has 2 N–H and O–H groups in total. The van der Waals surface area contributed by atoms with E-state index in [-0.39, 0.29) is 0 Å². The molecule has 1 aromatic rings. The van der Waals surface area contributed by atoms with Crippen LogP contribution in [-0.2, 0) is 11.3 Å². The van der Waals surface area contributed by atoms with Gasteiger partial charge >= 0.3 is 0 Å². The van der Waals surface area contributed by atoms with Gasteiger partial charge in [-0.2, -0.15) is 0 Å². The zero-order chi connectivity index (χ0) is 19.7. The van der Waals surface area contributed by atoms with Crippen molar-refractivity contribution >= 4 is 0 Å². The smallest absolute Gasteiger partial charge is 0.124 e. The average Bonchev–Trinajstić information content (AvgIpc) is 2.75. The molecule has 1 aromatic carbocycles. The van der Waals surface area contributed by atoms with Crippen LogP contribution in [0.4, 0.5) is 0 Å². The van der Waals surface area contributed by atoms with Crippen molar-refractivity contribution in [1.82, 2.24) is 10.2 Å². The lowest BCUT2D eigenvalue weighted by Gasteiger charge is -2.48. The van der Waals surface area contributed by atoms with E-state index in [1.165, 1.54) is 64.5 Å². The van der Waals surface area contributed by atoms with Gasteiger partial charge in [0.2, 0.25) is 0 Å². The number of rotatable bonds is 10. The number of ether oxygens (including phenoxy) is 2. The second kappa shape index (κ2) is 11.1. The predicted molar refractivity (Wildman–Crippen MR) is 113 cm³/mol. The molecule has 1 atom stereocenters. The summed E-state index contributed by atoms with van der Waals surface area (Å²) in [5.41, 5.74) is 1.31. The molecule has 1 saturated heterocycles. The second-order valence-corrected chi connectivity index (χ2v) is 8.44. The first-order valence-electron chi connectivity index (χ1n) is 11.1. The van der Waals surface area contributed by atoms with Crippen LogP contribution in [0.3, 0.4) is 0 Å². The summed E-state index contributed by atoms with van der Waals surface area (Å²) in [5, 5.41) is 13.9. The number of nitrogens with zero attached hydrogens (tertiary/aromatic N) is 1. The summed E-state index contributed by atoms with van der Waals surface area (Å²) in [4.78, 5) is 2.74. The Bertz CT molecular complexity index is 569. The van der Waals surface area contributed by atoms with Crippen molar-refractivity contribution in [2.45, 2.75) is 69.6 Å². The summed E-state index contributed by atoms with van der Waals surface area (Å²) in [6, 6.07) is 7.85.